The highest BCUT2D eigenvalue weighted by Gasteiger charge is 2.29. The largest absolute Gasteiger partial charge is 0.495 e. The number of hydrogen-bond donors (Lipinski definition) is 1. The summed E-state index contributed by atoms with van der Waals surface area (Å²) in [6.45, 7) is 8.61. The summed E-state index contributed by atoms with van der Waals surface area (Å²) in [5.41, 5.74) is 1.77. The van der Waals surface area contributed by atoms with Gasteiger partial charge in [0.15, 0.2) is 0 Å². The predicted octanol–water partition coefficient (Wildman–Crippen LogP) is 3.12. The van der Waals surface area contributed by atoms with Gasteiger partial charge in [0, 0.05) is 32.1 Å². The molecule has 1 fully saturated rings. The molecule has 1 aromatic rings. The number of ether oxygens (including phenoxy) is 1. The number of methoxy groups -OCH3 is 1. The minimum absolute atomic E-state index is 0.00108. The molecule has 6 nitrogen and oxygen atoms in total. The number of amides is 3. The Morgan fingerprint density at radius 1 is 1.24 bits per heavy atom. The highest BCUT2D eigenvalue weighted by Crippen LogP contribution is 2.27. The molecule has 0 saturated carbocycles. The van der Waals surface area contributed by atoms with Crippen molar-refractivity contribution in [3.8, 4) is 5.75 Å². The van der Waals surface area contributed by atoms with Crippen LogP contribution < -0.4 is 10.1 Å². The van der Waals surface area contributed by atoms with Gasteiger partial charge in [-0.3, -0.25) is 4.79 Å². The van der Waals surface area contributed by atoms with Crippen LogP contribution in [0.15, 0.2) is 18.2 Å². The molecule has 0 aliphatic carbocycles. The number of benzene rings is 1. The fourth-order valence-corrected chi connectivity index (χ4v) is 3.18. The molecule has 0 radical (unpaired) electrons. The first kappa shape index (κ1) is 19.1. The molecule has 0 aromatic heterocycles. The van der Waals surface area contributed by atoms with Crippen LogP contribution >= 0.6 is 0 Å². The highest BCUT2D eigenvalue weighted by atomic mass is 16.5. The molecular formula is C19H29N3O3. The number of aryl methyl sites for hydroxylation is 1. The Kier molecular flexibility index (Phi) is 6.67. The lowest BCUT2D eigenvalue weighted by Gasteiger charge is -2.34. The minimum Gasteiger partial charge on any atom is -0.495 e. The van der Waals surface area contributed by atoms with Crippen molar-refractivity contribution in [3.63, 3.8) is 0 Å². The molecule has 2 rings (SSSR count). The van der Waals surface area contributed by atoms with Crippen molar-refractivity contribution < 1.29 is 14.3 Å². The van der Waals surface area contributed by atoms with Gasteiger partial charge in [0.2, 0.25) is 5.91 Å². The van der Waals surface area contributed by atoms with Crippen LogP contribution in [0.1, 0.15) is 32.3 Å². The van der Waals surface area contributed by atoms with Crippen molar-refractivity contribution in [3.05, 3.63) is 23.8 Å². The van der Waals surface area contributed by atoms with Crippen molar-refractivity contribution in [1.29, 1.82) is 0 Å². The summed E-state index contributed by atoms with van der Waals surface area (Å²) in [7, 11) is 1.59. The van der Waals surface area contributed by atoms with E-state index in [9.17, 15) is 9.59 Å². The summed E-state index contributed by atoms with van der Waals surface area (Å²) in [5.74, 6) is 0.581. The quantitative estimate of drug-likeness (QED) is 0.890. The molecule has 25 heavy (non-hydrogen) atoms. The summed E-state index contributed by atoms with van der Waals surface area (Å²) in [5, 5.41) is 2.98. The number of nitrogens with zero attached hydrogens (tertiary/aromatic N) is 2. The van der Waals surface area contributed by atoms with E-state index in [0.717, 1.165) is 5.56 Å². The number of anilines is 1. The van der Waals surface area contributed by atoms with Gasteiger partial charge >= 0.3 is 6.03 Å². The second-order valence-corrected chi connectivity index (χ2v) is 6.41. The average molecular weight is 347 g/mol. The van der Waals surface area contributed by atoms with Crippen LogP contribution in [0.5, 0.6) is 5.75 Å². The lowest BCUT2D eigenvalue weighted by molar-refractivity contribution is -0.121. The Labute approximate surface area is 150 Å². The third-order valence-electron chi connectivity index (χ3n) is 4.78. The van der Waals surface area contributed by atoms with Crippen molar-refractivity contribution in [2.45, 2.75) is 33.6 Å². The summed E-state index contributed by atoms with van der Waals surface area (Å²) >= 11 is 0. The third-order valence-corrected chi connectivity index (χ3v) is 4.78. The van der Waals surface area contributed by atoms with Gasteiger partial charge in [0.05, 0.1) is 12.8 Å². The SMILES string of the molecule is CCN(CC)C(=O)N1CCC(C(=O)Nc2cc(C)ccc2OC)CC1. The van der Waals surface area contributed by atoms with E-state index in [1.165, 1.54) is 0 Å². The molecule has 0 atom stereocenters. The van der Waals surface area contributed by atoms with Crippen LogP contribution in [-0.4, -0.2) is 55.0 Å². The van der Waals surface area contributed by atoms with Gasteiger partial charge in [0.25, 0.3) is 0 Å². The van der Waals surface area contributed by atoms with Gasteiger partial charge in [-0.1, -0.05) is 6.07 Å². The Morgan fingerprint density at radius 3 is 2.44 bits per heavy atom. The summed E-state index contributed by atoms with van der Waals surface area (Å²) in [6.07, 6.45) is 1.37. The van der Waals surface area contributed by atoms with Gasteiger partial charge < -0.3 is 19.9 Å². The van der Waals surface area contributed by atoms with E-state index in [2.05, 4.69) is 5.32 Å². The van der Waals surface area contributed by atoms with Crippen LogP contribution in [0.4, 0.5) is 10.5 Å². The molecule has 3 amide bonds. The van der Waals surface area contributed by atoms with Crippen molar-refractivity contribution >= 4 is 17.6 Å². The molecule has 0 unspecified atom stereocenters. The number of likely N-dealkylation sites (tertiary alicyclic amines) is 1. The van der Waals surface area contributed by atoms with E-state index in [-0.39, 0.29) is 17.9 Å². The van der Waals surface area contributed by atoms with Crippen molar-refractivity contribution in [2.75, 3.05) is 38.6 Å². The van der Waals surface area contributed by atoms with Gasteiger partial charge in [-0.25, -0.2) is 4.79 Å². The standard InChI is InChI=1S/C19H29N3O3/c1-5-21(6-2)19(24)22-11-9-15(10-12-22)18(23)20-16-13-14(3)7-8-17(16)25-4/h7-8,13,15H,5-6,9-12H2,1-4H3,(H,20,23). The maximum Gasteiger partial charge on any atom is 0.319 e. The Morgan fingerprint density at radius 2 is 1.88 bits per heavy atom. The number of carbonyl (C=O) groups excluding carboxylic acids is 2. The van der Waals surface area contributed by atoms with Crippen molar-refractivity contribution in [1.82, 2.24) is 9.80 Å². The van der Waals surface area contributed by atoms with E-state index in [1.807, 2.05) is 48.8 Å². The molecule has 0 spiro atoms. The molecule has 138 valence electrons. The summed E-state index contributed by atoms with van der Waals surface area (Å²) in [4.78, 5) is 28.6. The number of hydrogen-bond acceptors (Lipinski definition) is 3. The summed E-state index contributed by atoms with van der Waals surface area (Å²) < 4.78 is 5.31. The zero-order valence-corrected chi connectivity index (χ0v) is 15.7. The van der Waals surface area contributed by atoms with Crippen molar-refractivity contribution in [2.24, 2.45) is 5.92 Å². The van der Waals surface area contributed by atoms with Crippen LogP contribution in [0.25, 0.3) is 0 Å². The second-order valence-electron chi connectivity index (χ2n) is 6.41. The van der Waals surface area contributed by atoms with Gasteiger partial charge in [0.1, 0.15) is 5.75 Å². The average Bonchev–Trinajstić information content (AvgIpc) is 2.63. The van der Waals surface area contributed by atoms with Gasteiger partial charge in [-0.2, -0.15) is 0 Å². The number of nitrogens with one attached hydrogen (secondary N) is 1. The van der Waals surface area contributed by atoms with E-state index < -0.39 is 0 Å². The van der Waals surface area contributed by atoms with E-state index >= 15 is 0 Å². The van der Waals surface area contributed by atoms with Crippen LogP contribution in [-0.2, 0) is 4.79 Å². The van der Waals surface area contributed by atoms with E-state index in [4.69, 9.17) is 4.74 Å². The molecule has 1 heterocycles. The lowest BCUT2D eigenvalue weighted by Crippen LogP contribution is -2.47. The zero-order chi connectivity index (χ0) is 18.4. The molecule has 1 N–H and O–H groups in total. The van der Waals surface area contributed by atoms with Crippen LogP contribution in [0.3, 0.4) is 0 Å². The fraction of sp³-hybridized carbons (Fsp3) is 0.579. The molecule has 0 bridgehead atoms. The lowest BCUT2D eigenvalue weighted by atomic mass is 9.96. The number of piperidine rings is 1. The molecule has 1 aliphatic rings. The van der Waals surface area contributed by atoms with Crippen LogP contribution in [0, 0.1) is 12.8 Å². The zero-order valence-electron chi connectivity index (χ0n) is 15.7. The fourth-order valence-electron chi connectivity index (χ4n) is 3.18. The smallest absolute Gasteiger partial charge is 0.319 e. The maximum atomic E-state index is 12.6. The van der Waals surface area contributed by atoms with E-state index in [0.29, 0.717) is 50.5 Å². The predicted molar refractivity (Wildman–Crippen MR) is 99.0 cm³/mol. The monoisotopic (exact) mass is 347 g/mol. The van der Waals surface area contributed by atoms with Gasteiger partial charge in [-0.15, -0.1) is 0 Å². The summed E-state index contributed by atoms with van der Waals surface area (Å²) in [6, 6.07) is 5.79. The molecule has 1 saturated heterocycles. The topological polar surface area (TPSA) is 61.9 Å². The number of carbonyl (C=O) groups is 2. The highest BCUT2D eigenvalue weighted by molar-refractivity contribution is 5.94. The molecular weight excluding hydrogens is 318 g/mol. The molecule has 6 heteroatoms. The first-order valence-electron chi connectivity index (χ1n) is 8.99. The Hall–Kier alpha value is -2.24. The maximum absolute atomic E-state index is 12.6. The number of rotatable bonds is 5. The van der Waals surface area contributed by atoms with E-state index in [1.54, 1.807) is 7.11 Å². The number of urea groups is 1. The van der Waals surface area contributed by atoms with Gasteiger partial charge in [-0.05, 0) is 51.3 Å². The molecule has 1 aromatic carbocycles. The first-order valence-corrected chi connectivity index (χ1v) is 8.99. The minimum atomic E-state index is -0.0778. The third kappa shape index (κ3) is 4.65. The second kappa shape index (κ2) is 8.74. The molecule has 1 aliphatic heterocycles. The first-order chi connectivity index (χ1) is 12.0. The Balaban J connectivity index is 1.93. The normalized spacial score (nSPS) is 15.0. The Bertz CT molecular complexity index is 606. The van der Waals surface area contributed by atoms with Crippen LogP contribution in [0.2, 0.25) is 0 Å².